The van der Waals surface area contributed by atoms with Crippen molar-refractivity contribution in [3.8, 4) is 0 Å². The average Bonchev–Trinajstić information content (AvgIpc) is 2.67. The van der Waals surface area contributed by atoms with Crippen molar-refractivity contribution < 1.29 is 9.90 Å². The molecule has 136 valence electrons. The minimum atomic E-state index is -0.658. The van der Waals surface area contributed by atoms with Crippen LogP contribution in [0, 0.1) is 5.92 Å². The van der Waals surface area contributed by atoms with Crippen molar-refractivity contribution in [1.29, 1.82) is 0 Å². The Bertz CT molecular complexity index is 753. The number of rotatable bonds is 5. The van der Waals surface area contributed by atoms with Crippen LogP contribution < -0.4 is 4.90 Å². The van der Waals surface area contributed by atoms with Crippen molar-refractivity contribution in [2.45, 2.75) is 29.1 Å². The van der Waals surface area contributed by atoms with E-state index in [4.69, 9.17) is 0 Å². The van der Waals surface area contributed by atoms with E-state index in [-0.39, 0.29) is 5.92 Å². The third-order valence-corrected chi connectivity index (χ3v) is 6.20. The Hall–Kier alpha value is -2.05. The van der Waals surface area contributed by atoms with E-state index in [1.807, 2.05) is 12.3 Å². The molecule has 1 unspecified atom stereocenters. The quantitative estimate of drug-likeness (QED) is 0.863. The number of aromatic nitrogens is 1. The molecule has 0 spiro atoms. The zero-order valence-electron chi connectivity index (χ0n) is 14.7. The first-order valence-electron chi connectivity index (χ1n) is 9.17. The molecule has 1 atom stereocenters. The van der Waals surface area contributed by atoms with Gasteiger partial charge in [-0.25, -0.2) is 4.98 Å². The Morgan fingerprint density at radius 1 is 1.19 bits per heavy atom. The highest BCUT2D eigenvalue weighted by Gasteiger charge is 2.26. The van der Waals surface area contributed by atoms with Gasteiger partial charge in [-0.05, 0) is 56.6 Å². The third-order valence-electron chi connectivity index (χ3n) is 5.09. The third kappa shape index (κ3) is 3.57. The predicted molar refractivity (Wildman–Crippen MR) is 103 cm³/mol. The second-order valence-corrected chi connectivity index (χ2v) is 7.96. The van der Waals surface area contributed by atoms with Gasteiger partial charge in [0.05, 0.1) is 16.5 Å². The number of fused-ring (bicyclic) bond motifs is 2. The molecule has 2 aromatic rings. The summed E-state index contributed by atoms with van der Waals surface area (Å²) in [5.41, 5.74) is 1.21. The van der Waals surface area contributed by atoms with Crippen LogP contribution >= 0.6 is 11.8 Å². The maximum Gasteiger partial charge on any atom is 0.307 e. The van der Waals surface area contributed by atoms with Crippen LogP contribution in [-0.2, 0) is 4.79 Å². The van der Waals surface area contributed by atoms with E-state index in [1.165, 1.54) is 15.5 Å². The average molecular weight is 369 g/mol. The van der Waals surface area contributed by atoms with Crippen LogP contribution in [0.2, 0.25) is 0 Å². The lowest BCUT2D eigenvalue weighted by Gasteiger charge is -2.34. The fourth-order valence-corrected chi connectivity index (χ4v) is 4.87. The molecule has 0 amide bonds. The van der Waals surface area contributed by atoms with Gasteiger partial charge < -0.3 is 14.9 Å². The molecule has 5 nitrogen and oxygen atoms in total. The van der Waals surface area contributed by atoms with Gasteiger partial charge in [-0.15, -0.1) is 0 Å². The molecular formula is C20H23N3O2S. The van der Waals surface area contributed by atoms with Crippen molar-refractivity contribution in [3.63, 3.8) is 0 Å². The molecule has 6 heteroatoms. The zero-order valence-corrected chi connectivity index (χ0v) is 15.5. The van der Waals surface area contributed by atoms with Gasteiger partial charge in [-0.3, -0.25) is 4.79 Å². The number of hydrogen-bond donors (Lipinski definition) is 1. The highest BCUT2D eigenvalue weighted by atomic mass is 32.2. The molecule has 1 fully saturated rings. The van der Waals surface area contributed by atoms with Crippen molar-refractivity contribution in [1.82, 2.24) is 9.88 Å². The number of benzene rings is 1. The minimum Gasteiger partial charge on any atom is -0.481 e. The Morgan fingerprint density at radius 2 is 2.04 bits per heavy atom. The molecule has 0 saturated carbocycles. The monoisotopic (exact) mass is 369 g/mol. The number of likely N-dealkylation sites (tertiary alicyclic amines) is 1. The van der Waals surface area contributed by atoms with Gasteiger partial charge in [-0.2, -0.15) is 0 Å². The lowest BCUT2D eigenvalue weighted by molar-refractivity contribution is -0.143. The van der Waals surface area contributed by atoms with Gasteiger partial charge in [0.2, 0.25) is 0 Å². The Balaban J connectivity index is 1.44. The van der Waals surface area contributed by atoms with E-state index in [2.05, 4.69) is 45.1 Å². The molecule has 1 aromatic heterocycles. The van der Waals surface area contributed by atoms with Gasteiger partial charge in [0, 0.05) is 24.2 Å². The van der Waals surface area contributed by atoms with Gasteiger partial charge in [-0.1, -0.05) is 23.9 Å². The maximum absolute atomic E-state index is 11.3. The fourth-order valence-electron chi connectivity index (χ4n) is 3.80. The molecule has 26 heavy (non-hydrogen) atoms. The molecule has 1 aromatic carbocycles. The summed E-state index contributed by atoms with van der Waals surface area (Å²) in [6, 6.07) is 12.6. The van der Waals surface area contributed by atoms with Crippen LogP contribution in [-0.4, -0.2) is 47.1 Å². The number of carboxylic acid groups (broad SMARTS) is 1. The molecular weight excluding hydrogens is 346 g/mol. The second kappa shape index (κ2) is 7.68. The number of carboxylic acids is 1. The molecule has 4 rings (SSSR count). The van der Waals surface area contributed by atoms with Crippen LogP contribution in [0.3, 0.4) is 0 Å². The van der Waals surface area contributed by atoms with Crippen molar-refractivity contribution >= 4 is 29.2 Å². The maximum atomic E-state index is 11.3. The summed E-state index contributed by atoms with van der Waals surface area (Å²) in [4.78, 5) is 22.9. The lowest BCUT2D eigenvalue weighted by Crippen LogP contribution is -2.40. The second-order valence-electron chi connectivity index (χ2n) is 6.88. The number of carbonyl (C=O) groups is 1. The zero-order chi connectivity index (χ0) is 17.9. The number of anilines is 2. The fraction of sp³-hybridized carbons (Fsp3) is 0.400. The molecule has 1 saturated heterocycles. The largest absolute Gasteiger partial charge is 0.481 e. The first-order chi connectivity index (χ1) is 12.7. The SMILES string of the molecule is O=C(O)C1CCCN(CCCN2c3ccccc3Sc3cccnc32)C1. The van der Waals surface area contributed by atoms with E-state index >= 15 is 0 Å². The first kappa shape index (κ1) is 17.4. The number of pyridine rings is 1. The standard InChI is InChI=1S/C20H23N3O2S/c24-20(25)15-6-4-11-22(14-15)12-5-13-23-16-7-1-2-8-17(16)26-18-9-3-10-21-19(18)23/h1-3,7-10,15H,4-6,11-14H2,(H,24,25). The van der Waals surface area contributed by atoms with Crippen LogP contribution in [0.25, 0.3) is 0 Å². The van der Waals surface area contributed by atoms with Gasteiger partial charge >= 0.3 is 5.97 Å². The summed E-state index contributed by atoms with van der Waals surface area (Å²) in [5.74, 6) is 0.159. The summed E-state index contributed by atoms with van der Waals surface area (Å²) < 4.78 is 0. The van der Waals surface area contributed by atoms with Crippen molar-refractivity contribution in [2.24, 2.45) is 5.92 Å². The first-order valence-corrected chi connectivity index (χ1v) is 9.98. The molecule has 2 aliphatic rings. The van der Waals surface area contributed by atoms with Crippen LogP contribution in [0.4, 0.5) is 11.5 Å². The Kier molecular flexibility index (Phi) is 5.13. The van der Waals surface area contributed by atoms with Gasteiger partial charge in [0.25, 0.3) is 0 Å². The van der Waals surface area contributed by atoms with Gasteiger partial charge in [0.1, 0.15) is 5.82 Å². The van der Waals surface area contributed by atoms with E-state index in [0.29, 0.717) is 6.54 Å². The molecule has 2 aliphatic heterocycles. The van der Waals surface area contributed by atoms with Gasteiger partial charge in [0.15, 0.2) is 0 Å². The van der Waals surface area contributed by atoms with E-state index < -0.39 is 5.97 Å². The summed E-state index contributed by atoms with van der Waals surface area (Å²) in [7, 11) is 0. The number of aliphatic carboxylic acids is 1. The highest BCUT2D eigenvalue weighted by Crippen LogP contribution is 2.46. The number of hydrogen-bond acceptors (Lipinski definition) is 5. The summed E-state index contributed by atoms with van der Waals surface area (Å²) >= 11 is 1.77. The number of para-hydroxylation sites is 1. The van der Waals surface area contributed by atoms with Crippen molar-refractivity contribution in [2.75, 3.05) is 31.1 Å². The summed E-state index contributed by atoms with van der Waals surface area (Å²) in [6.07, 6.45) is 4.62. The number of piperidine rings is 1. The summed E-state index contributed by atoms with van der Waals surface area (Å²) in [6.45, 7) is 3.50. The molecule has 3 heterocycles. The minimum absolute atomic E-state index is 0.210. The summed E-state index contributed by atoms with van der Waals surface area (Å²) in [5, 5.41) is 9.26. The lowest BCUT2D eigenvalue weighted by atomic mass is 9.98. The Morgan fingerprint density at radius 3 is 2.92 bits per heavy atom. The van der Waals surface area contributed by atoms with E-state index in [9.17, 15) is 9.90 Å². The van der Waals surface area contributed by atoms with E-state index in [1.54, 1.807) is 11.8 Å². The smallest absolute Gasteiger partial charge is 0.307 e. The molecule has 1 N–H and O–H groups in total. The van der Waals surface area contributed by atoms with Crippen LogP contribution in [0.15, 0.2) is 52.4 Å². The van der Waals surface area contributed by atoms with Crippen LogP contribution in [0.1, 0.15) is 19.3 Å². The number of nitrogens with zero attached hydrogens (tertiary/aromatic N) is 3. The normalized spacial score (nSPS) is 19.7. The van der Waals surface area contributed by atoms with E-state index in [0.717, 1.165) is 44.7 Å². The molecule has 0 bridgehead atoms. The molecule has 0 radical (unpaired) electrons. The topological polar surface area (TPSA) is 56.7 Å². The Labute approximate surface area is 158 Å². The van der Waals surface area contributed by atoms with Crippen LogP contribution in [0.5, 0.6) is 0 Å². The van der Waals surface area contributed by atoms with Crippen molar-refractivity contribution in [3.05, 3.63) is 42.6 Å². The highest BCUT2D eigenvalue weighted by molar-refractivity contribution is 7.99. The predicted octanol–water partition coefficient (Wildman–Crippen LogP) is 3.87. The molecule has 0 aliphatic carbocycles.